The highest BCUT2D eigenvalue weighted by atomic mass is 16.6. The molecule has 4 rings (SSSR count). The van der Waals surface area contributed by atoms with E-state index in [9.17, 15) is 4.79 Å². The van der Waals surface area contributed by atoms with Gasteiger partial charge in [0.1, 0.15) is 5.75 Å². The Hall–Kier alpha value is -3.40. The van der Waals surface area contributed by atoms with Gasteiger partial charge in [-0.2, -0.15) is 0 Å². The zero-order valence-corrected chi connectivity index (χ0v) is 14.5. The lowest BCUT2D eigenvalue weighted by Crippen LogP contribution is -2.05. The van der Waals surface area contributed by atoms with Gasteiger partial charge >= 0.3 is 5.97 Å². The molecular formula is C22H17NO3. The molecule has 0 N–H and O–H groups in total. The molecule has 0 spiro atoms. The zero-order valence-electron chi connectivity index (χ0n) is 14.5. The summed E-state index contributed by atoms with van der Waals surface area (Å²) in [5.41, 5.74) is 2.93. The Kier molecular flexibility index (Phi) is 4.01. The molecule has 4 nitrogen and oxygen atoms in total. The Morgan fingerprint density at radius 1 is 1.04 bits per heavy atom. The molecule has 0 saturated heterocycles. The molecule has 0 bridgehead atoms. The predicted molar refractivity (Wildman–Crippen MR) is 102 cm³/mol. The van der Waals surface area contributed by atoms with Crippen LogP contribution in [0.25, 0.3) is 16.8 Å². The van der Waals surface area contributed by atoms with Gasteiger partial charge in [0.15, 0.2) is 5.70 Å². The van der Waals surface area contributed by atoms with E-state index in [2.05, 4.69) is 4.99 Å². The lowest BCUT2D eigenvalue weighted by Gasteiger charge is -2.08. The number of carbonyl (C=O) groups is 1. The number of benzene rings is 3. The summed E-state index contributed by atoms with van der Waals surface area (Å²) in [6, 6.07) is 19.5. The van der Waals surface area contributed by atoms with Gasteiger partial charge in [0.2, 0.25) is 5.90 Å². The van der Waals surface area contributed by atoms with E-state index in [4.69, 9.17) is 9.47 Å². The van der Waals surface area contributed by atoms with E-state index in [-0.39, 0.29) is 5.70 Å². The van der Waals surface area contributed by atoms with Gasteiger partial charge in [-0.3, -0.25) is 0 Å². The maximum Gasteiger partial charge on any atom is 0.363 e. The molecular weight excluding hydrogens is 326 g/mol. The number of hydrogen-bond donors (Lipinski definition) is 0. The summed E-state index contributed by atoms with van der Waals surface area (Å²) < 4.78 is 10.9. The number of aliphatic imine (C=N–C) groups is 1. The summed E-state index contributed by atoms with van der Waals surface area (Å²) in [5.74, 6) is 0.545. The molecule has 0 atom stereocenters. The standard InChI is InChI=1S/C22H17NO3/c1-14-6-5-8-16(12-14)21-23-19(22(24)26-21)13-18-17-9-4-3-7-15(17)10-11-20(18)25-2/h3-13H,1-2H3/b19-13-. The molecule has 0 radical (unpaired) electrons. The summed E-state index contributed by atoms with van der Waals surface area (Å²) >= 11 is 0. The number of methoxy groups -OCH3 is 1. The summed E-state index contributed by atoms with van der Waals surface area (Å²) in [5, 5.41) is 2.06. The van der Waals surface area contributed by atoms with Crippen molar-refractivity contribution in [3.05, 3.63) is 83.1 Å². The monoisotopic (exact) mass is 343 g/mol. The average Bonchev–Trinajstić information content (AvgIpc) is 3.03. The van der Waals surface area contributed by atoms with E-state index in [0.717, 1.165) is 27.5 Å². The number of carbonyl (C=O) groups excluding carboxylic acids is 1. The molecule has 0 unspecified atom stereocenters. The Morgan fingerprint density at radius 3 is 2.69 bits per heavy atom. The van der Waals surface area contributed by atoms with Crippen LogP contribution in [0, 0.1) is 6.92 Å². The fraction of sp³-hybridized carbons (Fsp3) is 0.0909. The quantitative estimate of drug-likeness (QED) is 0.519. The fourth-order valence-electron chi connectivity index (χ4n) is 3.05. The van der Waals surface area contributed by atoms with E-state index in [1.165, 1.54) is 0 Å². The topological polar surface area (TPSA) is 47.9 Å². The first-order chi connectivity index (χ1) is 12.7. The number of nitrogens with zero attached hydrogens (tertiary/aromatic N) is 1. The van der Waals surface area contributed by atoms with E-state index >= 15 is 0 Å². The van der Waals surface area contributed by atoms with Crippen LogP contribution in [0.3, 0.4) is 0 Å². The maximum atomic E-state index is 12.3. The van der Waals surface area contributed by atoms with Crippen LogP contribution in [0.15, 0.2) is 71.4 Å². The second-order valence-electron chi connectivity index (χ2n) is 6.11. The lowest BCUT2D eigenvalue weighted by atomic mass is 10.0. The smallest absolute Gasteiger partial charge is 0.363 e. The molecule has 3 aromatic carbocycles. The van der Waals surface area contributed by atoms with Crippen molar-refractivity contribution in [2.24, 2.45) is 4.99 Å². The van der Waals surface area contributed by atoms with Crippen molar-refractivity contribution in [3.8, 4) is 5.75 Å². The van der Waals surface area contributed by atoms with E-state index in [1.807, 2.05) is 67.6 Å². The Labute approximate surface area is 151 Å². The number of esters is 1. The van der Waals surface area contributed by atoms with Crippen LogP contribution >= 0.6 is 0 Å². The zero-order chi connectivity index (χ0) is 18.1. The third-order valence-corrected chi connectivity index (χ3v) is 4.32. The molecule has 4 heteroatoms. The van der Waals surface area contributed by atoms with Crippen LogP contribution in [0.4, 0.5) is 0 Å². The highest BCUT2D eigenvalue weighted by molar-refractivity contribution is 6.13. The summed E-state index contributed by atoms with van der Waals surface area (Å²) in [4.78, 5) is 16.7. The molecule has 128 valence electrons. The van der Waals surface area contributed by atoms with Gasteiger partial charge in [0.05, 0.1) is 7.11 Å². The molecule has 0 saturated carbocycles. The number of aryl methyl sites for hydroxylation is 1. The van der Waals surface area contributed by atoms with Crippen molar-refractivity contribution in [1.29, 1.82) is 0 Å². The average molecular weight is 343 g/mol. The molecule has 0 amide bonds. The van der Waals surface area contributed by atoms with Gasteiger partial charge in [-0.25, -0.2) is 9.79 Å². The van der Waals surface area contributed by atoms with Gasteiger partial charge in [0, 0.05) is 11.1 Å². The minimum absolute atomic E-state index is 0.260. The van der Waals surface area contributed by atoms with Gasteiger partial charge < -0.3 is 9.47 Å². The number of fused-ring (bicyclic) bond motifs is 1. The number of hydrogen-bond acceptors (Lipinski definition) is 4. The van der Waals surface area contributed by atoms with Crippen LogP contribution in [-0.2, 0) is 9.53 Å². The molecule has 26 heavy (non-hydrogen) atoms. The van der Waals surface area contributed by atoms with Gasteiger partial charge in [-0.1, -0.05) is 48.0 Å². The van der Waals surface area contributed by atoms with Gasteiger partial charge in [-0.15, -0.1) is 0 Å². The maximum absolute atomic E-state index is 12.3. The van der Waals surface area contributed by atoms with Crippen molar-refractivity contribution in [1.82, 2.24) is 0 Å². The van der Waals surface area contributed by atoms with Gasteiger partial charge in [0.25, 0.3) is 0 Å². The Bertz CT molecular complexity index is 1080. The van der Waals surface area contributed by atoms with Crippen molar-refractivity contribution >= 4 is 28.7 Å². The van der Waals surface area contributed by atoms with Crippen molar-refractivity contribution in [2.75, 3.05) is 7.11 Å². The minimum atomic E-state index is -0.462. The third-order valence-electron chi connectivity index (χ3n) is 4.32. The third kappa shape index (κ3) is 2.86. The van der Waals surface area contributed by atoms with E-state index in [1.54, 1.807) is 13.2 Å². The van der Waals surface area contributed by atoms with Crippen LogP contribution in [0.1, 0.15) is 16.7 Å². The van der Waals surface area contributed by atoms with Crippen LogP contribution in [0.2, 0.25) is 0 Å². The van der Waals surface area contributed by atoms with Crippen LogP contribution in [-0.4, -0.2) is 19.0 Å². The van der Waals surface area contributed by atoms with Crippen molar-refractivity contribution in [2.45, 2.75) is 6.92 Å². The second kappa shape index (κ2) is 6.48. The Morgan fingerprint density at radius 2 is 1.88 bits per heavy atom. The largest absolute Gasteiger partial charge is 0.496 e. The first kappa shape index (κ1) is 16.1. The number of rotatable bonds is 3. The molecule has 3 aromatic rings. The van der Waals surface area contributed by atoms with Crippen LogP contribution < -0.4 is 4.74 Å². The first-order valence-electron chi connectivity index (χ1n) is 8.31. The van der Waals surface area contributed by atoms with E-state index < -0.39 is 5.97 Å². The molecule has 1 heterocycles. The Balaban J connectivity index is 1.84. The second-order valence-corrected chi connectivity index (χ2v) is 6.11. The summed E-state index contributed by atoms with van der Waals surface area (Å²) in [6.45, 7) is 1.98. The number of cyclic esters (lactones) is 1. The highest BCUT2D eigenvalue weighted by Gasteiger charge is 2.25. The molecule has 0 aliphatic carbocycles. The summed E-state index contributed by atoms with van der Waals surface area (Å²) in [7, 11) is 1.61. The first-order valence-corrected chi connectivity index (χ1v) is 8.31. The fourth-order valence-corrected chi connectivity index (χ4v) is 3.05. The molecule has 1 aliphatic rings. The highest BCUT2D eigenvalue weighted by Crippen LogP contribution is 2.31. The predicted octanol–water partition coefficient (Wildman–Crippen LogP) is 4.50. The minimum Gasteiger partial charge on any atom is -0.496 e. The van der Waals surface area contributed by atoms with Crippen LogP contribution in [0.5, 0.6) is 5.75 Å². The van der Waals surface area contributed by atoms with Crippen molar-refractivity contribution < 1.29 is 14.3 Å². The normalized spacial score (nSPS) is 15.2. The molecule has 0 aromatic heterocycles. The lowest BCUT2D eigenvalue weighted by molar-refractivity contribution is -0.129. The van der Waals surface area contributed by atoms with Gasteiger partial charge in [-0.05, 0) is 42.0 Å². The molecule has 0 fully saturated rings. The van der Waals surface area contributed by atoms with E-state index in [0.29, 0.717) is 11.6 Å². The van der Waals surface area contributed by atoms with Crippen molar-refractivity contribution in [3.63, 3.8) is 0 Å². The number of ether oxygens (including phenoxy) is 2. The summed E-state index contributed by atoms with van der Waals surface area (Å²) in [6.07, 6.45) is 1.73. The SMILES string of the molecule is COc1ccc2ccccc2c1/C=C1\N=C(c2cccc(C)c2)OC1=O. The molecule has 1 aliphatic heterocycles.